The summed E-state index contributed by atoms with van der Waals surface area (Å²) in [7, 11) is 3.75. The lowest BCUT2D eigenvalue weighted by Crippen LogP contribution is -2.49. The van der Waals surface area contributed by atoms with Gasteiger partial charge in [0.25, 0.3) is 0 Å². The van der Waals surface area contributed by atoms with Crippen LogP contribution in [0.1, 0.15) is 36.7 Å². The minimum Gasteiger partial charge on any atom is -0.383 e. The van der Waals surface area contributed by atoms with Crippen molar-refractivity contribution in [1.82, 2.24) is 25.3 Å². The first kappa shape index (κ1) is 19.7. The van der Waals surface area contributed by atoms with Gasteiger partial charge < -0.3 is 20.3 Å². The van der Waals surface area contributed by atoms with Gasteiger partial charge in [-0.05, 0) is 33.6 Å². The molecular weight excluding hydrogens is 316 g/mol. The van der Waals surface area contributed by atoms with Gasteiger partial charge in [-0.3, -0.25) is 4.68 Å². The third-order valence-corrected chi connectivity index (χ3v) is 4.94. The fraction of sp³-hybridized carbons (Fsp3) is 0.778. The van der Waals surface area contributed by atoms with E-state index in [1.807, 2.05) is 18.7 Å². The number of hydrogen-bond acceptors (Lipinski definition) is 4. The van der Waals surface area contributed by atoms with Crippen molar-refractivity contribution in [2.75, 3.05) is 39.9 Å². The molecule has 142 valence electrons. The lowest BCUT2D eigenvalue weighted by atomic mass is 10.1. The molecule has 1 saturated heterocycles. The van der Waals surface area contributed by atoms with Crippen LogP contribution in [0, 0.1) is 13.8 Å². The minimum atomic E-state index is 0.479. The van der Waals surface area contributed by atoms with Crippen LogP contribution in [-0.4, -0.2) is 66.6 Å². The number of rotatable bonds is 7. The van der Waals surface area contributed by atoms with Crippen molar-refractivity contribution in [3.05, 3.63) is 17.0 Å². The summed E-state index contributed by atoms with van der Waals surface area (Å²) >= 11 is 0. The van der Waals surface area contributed by atoms with E-state index in [9.17, 15) is 0 Å². The zero-order valence-electron chi connectivity index (χ0n) is 16.4. The molecule has 1 aliphatic heterocycles. The second kappa shape index (κ2) is 9.77. The van der Waals surface area contributed by atoms with Crippen LogP contribution in [0.5, 0.6) is 0 Å². The third kappa shape index (κ3) is 5.71. The number of nitrogens with zero attached hydrogens (tertiary/aromatic N) is 4. The van der Waals surface area contributed by atoms with E-state index in [1.54, 1.807) is 7.11 Å². The van der Waals surface area contributed by atoms with E-state index in [4.69, 9.17) is 9.73 Å². The summed E-state index contributed by atoms with van der Waals surface area (Å²) in [6.07, 6.45) is 2.28. The monoisotopic (exact) mass is 350 g/mol. The third-order valence-electron chi connectivity index (χ3n) is 4.94. The Balaban J connectivity index is 1.90. The van der Waals surface area contributed by atoms with E-state index in [2.05, 4.69) is 34.5 Å². The number of hydrogen-bond donors (Lipinski definition) is 2. The predicted octanol–water partition coefficient (Wildman–Crippen LogP) is 1.20. The summed E-state index contributed by atoms with van der Waals surface area (Å²) in [6.45, 7) is 11.8. The molecule has 0 bridgehead atoms. The SMILES string of the molecule is CCNC(=NCc1c(C)nn(C)c1C)NC1CCN(CCOC)CC1. The fourth-order valence-corrected chi connectivity index (χ4v) is 3.24. The molecule has 25 heavy (non-hydrogen) atoms. The minimum absolute atomic E-state index is 0.479. The Labute approximate surface area is 151 Å². The Hall–Kier alpha value is -1.60. The van der Waals surface area contributed by atoms with Crippen LogP contribution >= 0.6 is 0 Å². The van der Waals surface area contributed by atoms with E-state index in [1.165, 1.54) is 11.3 Å². The number of ether oxygens (including phenoxy) is 1. The number of aliphatic imine (C=N–C) groups is 1. The number of nitrogens with one attached hydrogen (secondary N) is 2. The van der Waals surface area contributed by atoms with E-state index in [0.717, 1.165) is 57.3 Å². The molecule has 1 aromatic heterocycles. The molecule has 7 nitrogen and oxygen atoms in total. The van der Waals surface area contributed by atoms with Crippen molar-refractivity contribution in [1.29, 1.82) is 0 Å². The van der Waals surface area contributed by atoms with Gasteiger partial charge in [0.2, 0.25) is 0 Å². The van der Waals surface area contributed by atoms with Crippen LogP contribution in [0.15, 0.2) is 4.99 Å². The van der Waals surface area contributed by atoms with Crippen LogP contribution < -0.4 is 10.6 Å². The van der Waals surface area contributed by atoms with Gasteiger partial charge in [-0.25, -0.2) is 4.99 Å². The summed E-state index contributed by atoms with van der Waals surface area (Å²) in [5.74, 6) is 0.903. The number of aromatic nitrogens is 2. The Kier molecular flexibility index (Phi) is 7.71. The molecule has 2 heterocycles. The highest BCUT2D eigenvalue weighted by Gasteiger charge is 2.19. The molecule has 0 atom stereocenters. The molecule has 2 rings (SSSR count). The molecule has 7 heteroatoms. The molecule has 1 fully saturated rings. The van der Waals surface area contributed by atoms with Crippen LogP contribution in [-0.2, 0) is 18.3 Å². The Bertz CT molecular complexity index is 560. The van der Waals surface area contributed by atoms with Gasteiger partial charge in [0.15, 0.2) is 5.96 Å². The van der Waals surface area contributed by atoms with Gasteiger partial charge in [0.05, 0.1) is 18.8 Å². The first-order chi connectivity index (χ1) is 12.0. The maximum atomic E-state index is 5.17. The topological polar surface area (TPSA) is 66.7 Å². The molecule has 0 unspecified atom stereocenters. The molecule has 0 spiro atoms. The largest absolute Gasteiger partial charge is 0.383 e. The van der Waals surface area contributed by atoms with Gasteiger partial charge >= 0.3 is 0 Å². The molecule has 1 aliphatic rings. The van der Waals surface area contributed by atoms with E-state index in [0.29, 0.717) is 12.6 Å². The summed E-state index contributed by atoms with van der Waals surface area (Å²) in [5.41, 5.74) is 3.46. The summed E-state index contributed by atoms with van der Waals surface area (Å²) in [4.78, 5) is 7.26. The normalized spacial score (nSPS) is 17.1. The Morgan fingerprint density at radius 1 is 1.32 bits per heavy atom. The lowest BCUT2D eigenvalue weighted by Gasteiger charge is -2.32. The molecule has 2 N–H and O–H groups in total. The molecule has 0 radical (unpaired) electrons. The maximum Gasteiger partial charge on any atom is 0.191 e. The van der Waals surface area contributed by atoms with Crippen molar-refractivity contribution in [3.8, 4) is 0 Å². The van der Waals surface area contributed by atoms with Gasteiger partial charge in [0, 0.05) is 57.6 Å². The van der Waals surface area contributed by atoms with Crippen molar-refractivity contribution < 1.29 is 4.74 Å². The van der Waals surface area contributed by atoms with Crippen molar-refractivity contribution in [2.45, 2.75) is 46.2 Å². The first-order valence-corrected chi connectivity index (χ1v) is 9.30. The first-order valence-electron chi connectivity index (χ1n) is 9.30. The fourth-order valence-electron chi connectivity index (χ4n) is 3.24. The number of methoxy groups -OCH3 is 1. The molecule has 0 saturated carbocycles. The quantitative estimate of drug-likeness (QED) is 0.571. The zero-order valence-corrected chi connectivity index (χ0v) is 16.4. The average Bonchev–Trinajstić information content (AvgIpc) is 2.84. The van der Waals surface area contributed by atoms with E-state index in [-0.39, 0.29) is 0 Å². The number of likely N-dealkylation sites (tertiary alicyclic amines) is 1. The van der Waals surface area contributed by atoms with Gasteiger partial charge in [0.1, 0.15) is 0 Å². The molecule has 0 aliphatic carbocycles. The Morgan fingerprint density at radius 2 is 2.04 bits per heavy atom. The van der Waals surface area contributed by atoms with Crippen LogP contribution in [0.2, 0.25) is 0 Å². The highest BCUT2D eigenvalue weighted by atomic mass is 16.5. The summed E-state index contributed by atoms with van der Waals surface area (Å²) in [5, 5.41) is 11.4. The van der Waals surface area contributed by atoms with Crippen molar-refractivity contribution in [2.24, 2.45) is 12.0 Å². The van der Waals surface area contributed by atoms with Crippen LogP contribution in [0.3, 0.4) is 0 Å². The lowest BCUT2D eigenvalue weighted by molar-refractivity contribution is 0.128. The van der Waals surface area contributed by atoms with Crippen LogP contribution in [0.4, 0.5) is 0 Å². The summed E-state index contributed by atoms with van der Waals surface area (Å²) < 4.78 is 7.10. The second-order valence-electron chi connectivity index (χ2n) is 6.72. The van der Waals surface area contributed by atoms with E-state index >= 15 is 0 Å². The average molecular weight is 351 g/mol. The molecular formula is C18H34N6O. The Morgan fingerprint density at radius 3 is 2.60 bits per heavy atom. The van der Waals surface area contributed by atoms with Gasteiger partial charge in [-0.2, -0.15) is 5.10 Å². The highest BCUT2D eigenvalue weighted by Crippen LogP contribution is 2.13. The smallest absolute Gasteiger partial charge is 0.191 e. The number of piperidine rings is 1. The van der Waals surface area contributed by atoms with Gasteiger partial charge in [-0.15, -0.1) is 0 Å². The molecule has 0 amide bonds. The number of aryl methyl sites for hydroxylation is 2. The van der Waals surface area contributed by atoms with E-state index < -0.39 is 0 Å². The van der Waals surface area contributed by atoms with Crippen molar-refractivity contribution in [3.63, 3.8) is 0 Å². The molecule has 1 aromatic rings. The summed E-state index contributed by atoms with van der Waals surface area (Å²) in [6, 6.07) is 0.479. The van der Waals surface area contributed by atoms with Gasteiger partial charge in [-0.1, -0.05) is 0 Å². The molecule has 0 aromatic carbocycles. The zero-order chi connectivity index (χ0) is 18.2. The maximum absolute atomic E-state index is 5.17. The van der Waals surface area contributed by atoms with Crippen LogP contribution in [0.25, 0.3) is 0 Å². The number of guanidine groups is 1. The highest BCUT2D eigenvalue weighted by molar-refractivity contribution is 5.80. The predicted molar refractivity (Wildman–Crippen MR) is 102 cm³/mol. The standard InChI is InChI=1S/C18H34N6O/c1-6-19-18(20-13-17-14(2)22-23(4)15(17)3)21-16-7-9-24(10-8-16)11-12-25-5/h16H,6-13H2,1-5H3,(H2,19,20,21). The second-order valence-corrected chi connectivity index (χ2v) is 6.72. The van der Waals surface area contributed by atoms with Crippen molar-refractivity contribution >= 4 is 5.96 Å².